The molecule has 0 bridgehead atoms. The average Bonchev–Trinajstić information content (AvgIpc) is 2.85. The van der Waals surface area contributed by atoms with Crippen LogP contribution in [-0.2, 0) is 0 Å². The van der Waals surface area contributed by atoms with Gasteiger partial charge in [-0.15, -0.1) is 0 Å². The number of carbonyl (C=O) groups is 2. The molecule has 0 spiro atoms. The molecular weight excluding hydrogens is 402 g/mol. The Bertz CT molecular complexity index is 1020. The van der Waals surface area contributed by atoms with Crippen LogP contribution in [0.3, 0.4) is 0 Å². The highest BCUT2D eigenvalue weighted by atomic mass is 16.5. The molecule has 0 aliphatic rings. The first-order valence-electron chi connectivity index (χ1n) is 10.3. The third-order valence-corrected chi connectivity index (χ3v) is 5.49. The molecule has 0 aliphatic heterocycles. The zero-order valence-electron chi connectivity index (χ0n) is 18.2. The van der Waals surface area contributed by atoms with Crippen LogP contribution in [0, 0.1) is 17.2 Å². The molecule has 0 radical (unpaired) electrons. The molecule has 162 valence electrons. The summed E-state index contributed by atoms with van der Waals surface area (Å²) < 4.78 is 10.3. The molecule has 0 saturated carbocycles. The summed E-state index contributed by atoms with van der Waals surface area (Å²) in [5.74, 6) is 0.0406. The average molecular weight is 428 g/mol. The van der Waals surface area contributed by atoms with Crippen molar-refractivity contribution in [2.45, 2.75) is 18.8 Å². The molecule has 5 nitrogen and oxygen atoms in total. The van der Waals surface area contributed by atoms with Crippen molar-refractivity contribution in [3.63, 3.8) is 0 Å². The molecular formula is C27H25NO4. The molecule has 0 heterocycles. The monoisotopic (exact) mass is 427 g/mol. The Labute approximate surface area is 188 Å². The second-order valence-corrected chi connectivity index (χ2v) is 7.49. The number of ether oxygens (including phenoxy) is 2. The van der Waals surface area contributed by atoms with E-state index in [0.29, 0.717) is 22.6 Å². The largest absolute Gasteiger partial charge is 0.497 e. The highest BCUT2D eigenvalue weighted by Crippen LogP contribution is 2.32. The Balaban J connectivity index is 1.86. The summed E-state index contributed by atoms with van der Waals surface area (Å²) in [6.45, 7) is 0. The molecule has 5 heteroatoms. The van der Waals surface area contributed by atoms with Crippen molar-refractivity contribution in [2.75, 3.05) is 14.2 Å². The molecule has 32 heavy (non-hydrogen) atoms. The topological polar surface area (TPSA) is 76.4 Å². The lowest BCUT2D eigenvalue weighted by Crippen LogP contribution is -2.20. The first-order valence-corrected chi connectivity index (χ1v) is 10.3. The van der Waals surface area contributed by atoms with E-state index >= 15 is 0 Å². The predicted molar refractivity (Wildman–Crippen MR) is 122 cm³/mol. The van der Waals surface area contributed by atoms with Crippen molar-refractivity contribution in [1.29, 1.82) is 5.26 Å². The summed E-state index contributed by atoms with van der Waals surface area (Å²) in [6, 6.07) is 25.3. The first-order chi connectivity index (χ1) is 15.5. The first kappa shape index (κ1) is 22.8. The molecule has 1 atom stereocenters. The Kier molecular flexibility index (Phi) is 7.77. The molecule has 0 fully saturated rings. The van der Waals surface area contributed by atoms with Crippen LogP contribution in [0.25, 0.3) is 0 Å². The minimum atomic E-state index is -0.583. The van der Waals surface area contributed by atoms with Crippen molar-refractivity contribution < 1.29 is 19.1 Å². The smallest absolute Gasteiger partial charge is 0.163 e. The van der Waals surface area contributed by atoms with Gasteiger partial charge in [-0.25, -0.2) is 0 Å². The fraction of sp³-hybridized carbons (Fsp3) is 0.222. The van der Waals surface area contributed by atoms with Crippen LogP contribution in [0.1, 0.15) is 45.0 Å². The van der Waals surface area contributed by atoms with E-state index in [0.717, 1.165) is 5.56 Å². The third kappa shape index (κ3) is 5.61. The molecule has 0 N–H and O–H groups in total. The standard InChI is InChI=1S/C27H25NO4/c1-31-23-12-8-20(9-13-23)26(29)16-22(25(18-28)19-6-4-3-5-7-19)17-27(30)21-10-14-24(32-2)15-11-21/h3-15,22,25H,16-17H2,1-2H3. The maximum absolute atomic E-state index is 13.0. The van der Waals surface area contributed by atoms with E-state index in [9.17, 15) is 14.9 Å². The molecule has 0 saturated heterocycles. The number of benzene rings is 3. The summed E-state index contributed by atoms with van der Waals surface area (Å²) in [6.07, 6.45) is 0.169. The van der Waals surface area contributed by atoms with Gasteiger partial charge in [0.1, 0.15) is 11.5 Å². The van der Waals surface area contributed by atoms with Gasteiger partial charge in [-0.3, -0.25) is 9.59 Å². The number of rotatable bonds is 10. The second-order valence-electron chi connectivity index (χ2n) is 7.49. The number of ketones is 2. The van der Waals surface area contributed by atoms with Crippen LogP contribution in [-0.4, -0.2) is 25.8 Å². The third-order valence-electron chi connectivity index (χ3n) is 5.49. The molecule has 0 amide bonds. The van der Waals surface area contributed by atoms with Crippen molar-refractivity contribution in [2.24, 2.45) is 5.92 Å². The van der Waals surface area contributed by atoms with E-state index in [1.165, 1.54) is 0 Å². The van der Waals surface area contributed by atoms with Gasteiger partial charge in [0.25, 0.3) is 0 Å². The predicted octanol–water partition coefficient (Wildman–Crippen LogP) is 5.47. The van der Waals surface area contributed by atoms with E-state index in [4.69, 9.17) is 9.47 Å². The molecule has 1 unspecified atom stereocenters. The lowest BCUT2D eigenvalue weighted by molar-refractivity contribution is 0.0916. The van der Waals surface area contributed by atoms with Crippen LogP contribution in [0.4, 0.5) is 0 Å². The van der Waals surface area contributed by atoms with Crippen molar-refractivity contribution >= 4 is 11.6 Å². The summed E-state index contributed by atoms with van der Waals surface area (Å²) in [7, 11) is 3.13. The van der Waals surface area contributed by atoms with E-state index < -0.39 is 11.8 Å². The van der Waals surface area contributed by atoms with Crippen molar-refractivity contribution in [3.05, 3.63) is 95.6 Å². The van der Waals surface area contributed by atoms with Gasteiger partial charge in [0, 0.05) is 24.0 Å². The maximum atomic E-state index is 13.0. The molecule has 3 rings (SSSR count). The highest BCUT2D eigenvalue weighted by Gasteiger charge is 2.28. The summed E-state index contributed by atoms with van der Waals surface area (Å²) in [5.41, 5.74) is 1.85. The fourth-order valence-corrected chi connectivity index (χ4v) is 3.69. The number of nitrogens with zero attached hydrogens (tertiary/aromatic N) is 1. The highest BCUT2D eigenvalue weighted by molar-refractivity contribution is 5.99. The van der Waals surface area contributed by atoms with Gasteiger partial charge in [-0.05, 0) is 60.0 Å². The van der Waals surface area contributed by atoms with Crippen LogP contribution in [0.2, 0.25) is 0 Å². The van der Waals surface area contributed by atoms with E-state index in [2.05, 4.69) is 6.07 Å². The Hall–Kier alpha value is -3.91. The Morgan fingerprint density at radius 1 is 0.750 bits per heavy atom. The number of Topliss-reactive ketones (excluding diaryl/α,β-unsaturated/α-hetero) is 2. The lowest BCUT2D eigenvalue weighted by Gasteiger charge is -2.21. The van der Waals surface area contributed by atoms with Gasteiger partial charge < -0.3 is 9.47 Å². The number of hydrogen-bond donors (Lipinski definition) is 0. The SMILES string of the molecule is COc1ccc(C(=O)CC(CC(=O)c2ccc(OC)cc2)C(C#N)c2ccccc2)cc1. The number of carbonyl (C=O) groups excluding carboxylic acids is 2. The number of methoxy groups -OCH3 is 2. The Morgan fingerprint density at radius 2 is 1.19 bits per heavy atom. The van der Waals surface area contributed by atoms with Gasteiger partial charge in [0.2, 0.25) is 0 Å². The van der Waals surface area contributed by atoms with Crippen LogP contribution >= 0.6 is 0 Å². The molecule has 0 aliphatic carbocycles. The second kappa shape index (κ2) is 10.9. The van der Waals surface area contributed by atoms with Crippen LogP contribution in [0.15, 0.2) is 78.9 Å². The van der Waals surface area contributed by atoms with Crippen LogP contribution in [0.5, 0.6) is 11.5 Å². The van der Waals surface area contributed by atoms with Gasteiger partial charge in [-0.2, -0.15) is 5.26 Å². The Morgan fingerprint density at radius 3 is 1.56 bits per heavy atom. The quantitative estimate of drug-likeness (QED) is 0.401. The zero-order chi connectivity index (χ0) is 22.9. The summed E-state index contributed by atoms with van der Waals surface area (Å²) in [5, 5.41) is 9.95. The lowest BCUT2D eigenvalue weighted by atomic mass is 9.79. The van der Waals surface area contributed by atoms with Crippen molar-refractivity contribution in [1.82, 2.24) is 0 Å². The molecule has 3 aromatic carbocycles. The molecule has 0 aromatic heterocycles. The van der Waals surface area contributed by atoms with E-state index in [1.54, 1.807) is 62.8 Å². The molecule has 3 aromatic rings. The zero-order valence-corrected chi connectivity index (χ0v) is 18.2. The van der Waals surface area contributed by atoms with Gasteiger partial charge >= 0.3 is 0 Å². The van der Waals surface area contributed by atoms with E-state index in [1.807, 2.05) is 30.3 Å². The maximum Gasteiger partial charge on any atom is 0.163 e. The van der Waals surface area contributed by atoms with Crippen LogP contribution < -0.4 is 9.47 Å². The number of nitriles is 1. The van der Waals surface area contributed by atoms with Crippen molar-refractivity contribution in [3.8, 4) is 17.6 Å². The van der Waals surface area contributed by atoms with E-state index in [-0.39, 0.29) is 24.4 Å². The van der Waals surface area contributed by atoms with Gasteiger partial charge in [0.05, 0.1) is 26.2 Å². The number of hydrogen-bond acceptors (Lipinski definition) is 5. The van der Waals surface area contributed by atoms with Gasteiger partial charge in [-0.1, -0.05) is 30.3 Å². The summed E-state index contributed by atoms with van der Waals surface area (Å²) >= 11 is 0. The normalized spacial score (nSPS) is 11.4. The fourth-order valence-electron chi connectivity index (χ4n) is 3.69. The van der Waals surface area contributed by atoms with Gasteiger partial charge in [0.15, 0.2) is 11.6 Å². The summed E-state index contributed by atoms with van der Waals surface area (Å²) in [4.78, 5) is 26.1. The minimum absolute atomic E-state index is 0.0847. The minimum Gasteiger partial charge on any atom is -0.497 e.